The minimum Gasteiger partial charge on any atom is -0.444 e. The molecule has 0 aromatic carbocycles. The zero-order chi connectivity index (χ0) is 14.8. The summed E-state index contributed by atoms with van der Waals surface area (Å²) in [4.78, 5) is 13.0. The van der Waals surface area contributed by atoms with Crippen LogP contribution in [0.5, 0.6) is 0 Å². The van der Waals surface area contributed by atoms with Gasteiger partial charge in [0.25, 0.3) is 0 Å². The molecule has 1 atom stereocenters. The summed E-state index contributed by atoms with van der Waals surface area (Å²) in [6.07, 6.45) is 1.62. The van der Waals surface area contributed by atoms with Gasteiger partial charge < -0.3 is 15.4 Å². The molecule has 1 amide bonds. The number of ether oxygens (including phenoxy) is 1. The van der Waals surface area contributed by atoms with Crippen molar-refractivity contribution in [3.05, 3.63) is 22.4 Å². The van der Waals surface area contributed by atoms with Gasteiger partial charge in [0.1, 0.15) is 5.60 Å². The zero-order valence-electron chi connectivity index (χ0n) is 12.6. The second-order valence-corrected chi connectivity index (χ2v) is 7.39. The fourth-order valence-corrected chi connectivity index (χ4v) is 3.06. The molecule has 112 valence electrons. The van der Waals surface area contributed by atoms with Crippen LogP contribution in [0.4, 0.5) is 4.79 Å². The van der Waals surface area contributed by atoms with Crippen LogP contribution >= 0.6 is 11.3 Å². The van der Waals surface area contributed by atoms with Gasteiger partial charge in [0, 0.05) is 23.0 Å². The summed E-state index contributed by atoms with van der Waals surface area (Å²) >= 11 is 1.77. The van der Waals surface area contributed by atoms with E-state index in [1.165, 1.54) is 4.88 Å². The molecule has 0 aliphatic heterocycles. The lowest BCUT2D eigenvalue weighted by Gasteiger charge is -2.38. The van der Waals surface area contributed by atoms with E-state index in [-0.39, 0.29) is 12.1 Å². The van der Waals surface area contributed by atoms with Crippen LogP contribution in [0.1, 0.15) is 51.5 Å². The monoisotopic (exact) mass is 296 g/mol. The number of carbonyl (C=O) groups excluding carboxylic acids is 1. The molecule has 20 heavy (non-hydrogen) atoms. The second-order valence-electron chi connectivity index (χ2n) is 6.42. The summed E-state index contributed by atoms with van der Waals surface area (Å²) in [5, 5.41) is 8.60. The molecule has 1 saturated carbocycles. The predicted octanol–water partition coefficient (Wildman–Crippen LogP) is 3.45. The van der Waals surface area contributed by atoms with Crippen molar-refractivity contribution in [2.75, 3.05) is 0 Å². The summed E-state index contributed by atoms with van der Waals surface area (Å²) in [5.74, 6) is 0. The van der Waals surface area contributed by atoms with Gasteiger partial charge in [-0.15, -0.1) is 11.3 Å². The van der Waals surface area contributed by atoms with E-state index >= 15 is 0 Å². The van der Waals surface area contributed by atoms with Crippen LogP contribution in [0.15, 0.2) is 17.5 Å². The smallest absolute Gasteiger partial charge is 0.407 e. The molecule has 0 bridgehead atoms. The third-order valence-corrected chi connectivity index (χ3v) is 4.37. The largest absolute Gasteiger partial charge is 0.444 e. The Balaban J connectivity index is 1.66. The highest BCUT2D eigenvalue weighted by molar-refractivity contribution is 7.10. The minimum absolute atomic E-state index is 0.234. The standard InChI is InChI=1S/C15H24N2O2S/c1-10(13-6-5-7-20-13)16-11-8-12(9-11)17-14(18)19-15(2,3)4/h5-7,10-12,16H,8-9H2,1-4H3,(H,17,18). The lowest BCUT2D eigenvalue weighted by molar-refractivity contribution is 0.0463. The van der Waals surface area contributed by atoms with Crippen molar-refractivity contribution < 1.29 is 9.53 Å². The van der Waals surface area contributed by atoms with Gasteiger partial charge in [-0.3, -0.25) is 0 Å². The first kappa shape index (κ1) is 15.3. The molecule has 1 heterocycles. The van der Waals surface area contributed by atoms with Gasteiger partial charge in [0.15, 0.2) is 0 Å². The van der Waals surface area contributed by atoms with Crippen LogP contribution in [-0.2, 0) is 4.74 Å². The lowest BCUT2D eigenvalue weighted by atomic mass is 9.86. The van der Waals surface area contributed by atoms with Gasteiger partial charge in [-0.25, -0.2) is 4.79 Å². The number of carbonyl (C=O) groups is 1. The Bertz CT molecular complexity index is 433. The molecule has 1 aromatic heterocycles. The quantitative estimate of drug-likeness (QED) is 0.894. The molecule has 5 heteroatoms. The van der Waals surface area contributed by atoms with E-state index < -0.39 is 5.60 Å². The summed E-state index contributed by atoms with van der Waals surface area (Å²) < 4.78 is 5.25. The number of rotatable bonds is 4. The number of thiophene rings is 1. The number of alkyl carbamates (subject to hydrolysis) is 1. The maximum atomic E-state index is 11.6. The Morgan fingerprint density at radius 1 is 1.40 bits per heavy atom. The van der Waals surface area contributed by atoms with Crippen molar-refractivity contribution in [1.29, 1.82) is 0 Å². The van der Waals surface area contributed by atoms with Gasteiger partial charge in [0.2, 0.25) is 0 Å². The SMILES string of the molecule is CC(NC1CC(NC(=O)OC(C)(C)C)C1)c1cccs1. The van der Waals surface area contributed by atoms with Crippen LogP contribution in [0, 0.1) is 0 Å². The topological polar surface area (TPSA) is 50.4 Å². The molecular weight excluding hydrogens is 272 g/mol. The molecular formula is C15H24N2O2S. The fraction of sp³-hybridized carbons (Fsp3) is 0.667. The molecule has 2 N–H and O–H groups in total. The number of nitrogens with one attached hydrogen (secondary N) is 2. The van der Waals surface area contributed by atoms with Gasteiger partial charge in [-0.05, 0) is 52.0 Å². The molecule has 1 aromatic rings. The molecule has 1 aliphatic carbocycles. The molecule has 1 unspecified atom stereocenters. The van der Waals surface area contributed by atoms with E-state index in [9.17, 15) is 4.79 Å². The molecule has 0 saturated heterocycles. The Kier molecular flexibility index (Phi) is 4.70. The molecule has 0 spiro atoms. The Morgan fingerprint density at radius 2 is 2.10 bits per heavy atom. The lowest BCUT2D eigenvalue weighted by Crippen LogP contribution is -2.53. The maximum Gasteiger partial charge on any atom is 0.407 e. The predicted molar refractivity (Wildman–Crippen MR) is 82.0 cm³/mol. The average Bonchev–Trinajstić information content (AvgIpc) is 2.76. The van der Waals surface area contributed by atoms with Gasteiger partial charge in [-0.1, -0.05) is 6.07 Å². The molecule has 0 radical (unpaired) electrons. The van der Waals surface area contributed by atoms with E-state index in [0.29, 0.717) is 12.1 Å². The highest BCUT2D eigenvalue weighted by Crippen LogP contribution is 2.25. The first-order chi connectivity index (χ1) is 9.33. The zero-order valence-corrected chi connectivity index (χ0v) is 13.4. The van der Waals surface area contributed by atoms with E-state index in [0.717, 1.165) is 12.8 Å². The second kappa shape index (κ2) is 6.14. The number of amides is 1. The Labute approximate surface area is 124 Å². The van der Waals surface area contributed by atoms with Crippen LogP contribution in [-0.4, -0.2) is 23.8 Å². The van der Waals surface area contributed by atoms with Crippen LogP contribution in [0.3, 0.4) is 0 Å². The van der Waals surface area contributed by atoms with Gasteiger partial charge >= 0.3 is 6.09 Å². The van der Waals surface area contributed by atoms with Gasteiger partial charge in [-0.2, -0.15) is 0 Å². The van der Waals surface area contributed by atoms with Crippen molar-refractivity contribution in [2.45, 2.75) is 64.3 Å². The van der Waals surface area contributed by atoms with Crippen molar-refractivity contribution in [1.82, 2.24) is 10.6 Å². The third-order valence-electron chi connectivity index (χ3n) is 3.31. The van der Waals surface area contributed by atoms with Gasteiger partial charge in [0.05, 0.1) is 0 Å². The fourth-order valence-electron chi connectivity index (χ4n) is 2.32. The summed E-state index contributed by atoms with van der Waals surface area (Å²) in [6.45, 7) is 7.81. The van der Waals surface area contributed by atoms with E-state index in [1.54, 1.807) is 11.3 Å². The Morgan fingerprint density at radius 3 is 2.65 bits per heavy atom. The maximum absolute atomic E-state index is 11.6. The van der Waals surface area contributed by atoms with Crippen molar-refractivity contribution >= 4 is 17.4 Å². The number of hydrogen-bond donors (Lipinski definition) is 2. The van der Waals surface area contributed by atoms with Crippen LogP contribution < -0.4 is 10.6 Å². The minimum atomic E-state index is -0.431. The van der Waals surface area contributed by atoms with Crippen LogP contribution in [0.25, 0.3) is 0 Å². The first-order valence-corrected chi connectivity index (χ1v) is 8.00. The summed E-state index contributed by atoms with van der Waals surface area (Å²) in [7, 11) is 0. The van der Waals surface area contributed by atoms with E-state index in [2.05, 4.69) is 35.1 Å². The summed E-state index contributed by atoms with van der Waals surface area (Å²) in [5.41, 5.74) is -0.431. The molecule has 1 aliphatic rings. The van der Waals surface area contributed by atoms with Crippen molar-refractivity contribution in [2.24, 2.45) is 0 Å². The summed E-state index contributed by atoms with van der Waals surface area (Å²) in [6, 6.07) is 5.32. The van der Waals surface area contributed by atoms with Crippen LogP contribution in [0.2, 0.25) is 0 Å². The normalized spacial score (nSPS) is 23.8. The first-order valence-electron chi connectivity index (χ1n) is 7.12. The third kappa shape index (κ3) is 4.49. The van der Waals surface area contributed by atoms with Crippen molar-refractivity contribution in [3.8, 4) is 0 Å². The molecule has 4 nitrogen and oxygen atoms in total. The average molecular weight is 296 g/mol. The molecule has 1 fully saturated rings. The van der Waals surface area contributed by atoms with E-state index in [4.69, 9.17) is 4.74 Å². The molecule has 2 rings (SSSR count). The van der Waals surface area contributed by atoms with E-state index in [1.807, 2.05) is 20.8 Å². The van der Waals surface area contributed by atoms with Crippen molar-refractivity contribution in [3.63, 3.8) is 0 Å². The highest BCUT2D eigenvalue weighted by Gasteiger charge is 2.32. The highest BCUT2D eigenvalue weighted by atomic mass is 32.1. The Hall–Kier alpha value is -1.07. The number of hydrogen-bond acceptors (Lipinski definition) is 4.